The number of oxime groups is 1. The molecule has 0 bridgehead atoms. The van der Waals surface area contributed by atoms with Gasteiger partial charge in [-0.1, -0.05) is 11.2 Å². The van der Waals surface area contributed by atoms with Crippen LogP contribution in [0.15, 0.2) is 48.0 Å². The number of nitrogens with zero attached hydrogens (tertiary/aromatic N) is 4. The summed E-state index contributed by atoms with van der Waals surface area (Å²) in [4.78, 5) is 19.5. The summed E-state index contributed by atoms with van der Waals surface area (Å²) in [6.45, 7) is 0. The fourth-order valence-corrected chi connectivity index (χ4v) is 3.73. The maximum atomic E-state index is 4.98. The van der Waals surface area contributed by atoms with Crippen LogP contribution in [0.1, 0.15) is 24.1 Å². The minimum absolute atomic E-state index is 0.904. The lowest BCUT2D eigenvalue weighted by atomic mass is 9.94. The summed E-state index contributed by atoms with van der Waals surface area (Å²) in [5, 5.41) is 5.09. The Bertz CT molecular complexity index is 889. The largest absolute Gasteiger partial charge is 0.399 e. The van der Waals surface area contributed by atoms with Crippen molar-refractivity contribution in [2.24, 2.45) is 5.16 Å². The van der Waals surface area contributed by atoms with E-state index in [0.29, 0.717) is 0 Å². The third-order valence-corrected chi connectivity index (χ3v) is 5.05. The van der Waals surface area contributed by atoms with Crippen LogP contribution in [0.5, 0.6) is 0 Å². The topological polar surface area (TPSA) is 60.3 Å². The molecule has 0 saturated carbocycles. The molecule has 3 aromatic heterocycles. The Kier molecular flexibility index (Phi) is 4.04. The fourth-order valence-electron chi connectivity index (χ4n) is 2.86. The highest BCUT2D eigenvalue weighted by Gasteiger charge is 2.19. The van der Waals surface area contributed by atoms with Gasteiger partial charge in [-0.25, -0.2) is 9.97 Å². The van der Waals surface area contributed by atoms with Crippen molar-refractivity contribution in [2.75, 3.05) is 7.11 Å². The van der Waals surface area contributed by atoms with Crippen LogP contribution in [-0.4, -0.2) is 27.8 Å². The number of aromatic nitrogens is 3. The SMILES string of the molecule is CO/N=C1\CCCc2ccc(-c3cnc(-c4cccnc4)s3)nc21. The second-order valence-electron chi connectivity index (χ2n) is 5.55. The Morgan fingerprint density at radius 3 is 2.96 bits per heavy atom. The molecule has 0 aromatic carbocycles. The minimum atomic E-state index is 0.904. The summed E-state index contributed by atoms with van der Waals surface area (Å²) in [7, 11) is 1.58. The van der Waals surface area contributed by atoms with Crippen LogP contribution in [0.4, 0.5) is 0 Å². The van der Waals surface area contributed by atoms with E-state index in [0.717, 1.165) is 51.8 Å². The van der Waals surface area contributed by atoms with Crippen LogP contribution in [0.2, 0.25) is 0 Å². The van der Waals surface area contributed by atoms with Gasteiger partial charge in [0.15, 0.2) is 0 Å². The van der Waals surface area contributed by atoms with E-state index in [9.17, 15) is 0 Å². The number of fused-ring (bicyclic) bond motifs is 1. The smallest absolute Gasteiger partial charge is 0.125 e. The van der Waals surface area contributed by atoms with Gasteiger partial charge in [-0.15, -0.1) is 11.3 Å². The van der Waals surface area contributed by atoms with E-state index in [1.165, 1.54) is 5.56 Å². The van der Waals surface area contributed by atoms with Gasteiger partial charge in [0, 0.05) is 24.2 Å². The van der Waals surface area contributed by atoms with Crippen LogP contribution in [0.25, 0.3) is 21.1 Å². The van der Waals surface area contributed by atoms with Crippen molar-refractivity contribution in [3.05, 3.63) is 54.1 Å². The Morgan fingerprint density at radius 1 is 1.17 bits per heavy atom. The maximum Gasteiger partial charge on any atom is 0.125 e. The number of thiazole rings is 1. The van der Waals surface area contributed by atoms with E-state index < -0.39 is 0 Å². The molecule has 0 N–H and O–H groups in total. The third kappa shape index (κ3) is 2.80. The molecule has 0 radical (unpaired) electrons. The van der Waals surface area contributed by atoms with Gasteiger partial charge >= 0.3 is 0 Å². The van der Waals surface area contributed by atoms with Crippen LogP contribution in [-0.2, 0) is 11.3 Å². The van der Waals surface area contributed by atoms with Crippen molar-refractivity contribution in [3.8, 4) is 21.1 Å². The predicted octanol–water partition coefficient (Wildman–Crippen LogP) is 3.95. The monoisotopic (exact) mass is 336 g/mol. The maximum absolute atomic E-state index is 4.98. The molecule has 0 fully saturated rings. The zero-order chi connectivity index (χ0) is 16.4. The van der Waals surface area contributed by atoms with Crippen LogP contribution >= 0.6 is 11.3 Å². The molecule has 0 amide bonds. The molecule has 3 heterocycles. The molecule has 1 aliphatic carbocycles. The summed E-state index contributed by atoms with van der Waals surface area (Å²) >= 11 is 1.62. The quantitative estimate of drug-likeness (QED) is 0.679. The van der Waals surface area contributed by atoms with Gasteiger partial charge in [0.2, 0.25) is 0 Å². The molecular formula is C18H16N4OS. The van der Waals surface area contributed by atoms with Gasteiger partial charge in [0.25, 0.3) is 0 Å². The molecule has 0 aliphatic heterocycles. The fraction of sp³-hybridized carbons (Fsp3) is 0.222. The minimum Gasteiger partial charge on any atom is -0.399 e. The average molecular weight is 336 g/mol. The molecule has 0 unspecified atom stereocenters. The van der Waals surface area contributed by atoms with Gasteiger partial charge in [-0.3, -0.25) is 4.98 Å². The number of hydrogen-bond donors (Lipinski definition) is 0. The lowest BCUT2D eigenvalue weighted by Crippen LogP contribution is -2.14. The molecule has 4 rings (SSSR count). The van der Waals surface area contributed by atoms with E-state index in [1.807, 2.05) is 24.5 Å². The molecule has 6 heteroatoms. The first-order valence-electron chi connectivity index (χ1n) is 7.82. The van der Waals surface area contributed by atoms with E-state index in [1.54, 1.807) is 24.6 Å². The Morgan fingerprint density at radius 2 is 2.12 bits per heavy atom. The molecule has 0 atom stereocenters. The Labute approximate surface area is 144 Å². The van der Waals surface area contributed by atoms with Crippen molar-refractivity contribution < 1.29 is 4.84 Å². The molecule has 120 valence electrons. The van der Waals surface area contributed by atoms with Gasteiger partial charge in [0.05, 0.1) is 16.3 Å². The average Bonchev–Trinajstić information content (AvgIpc) is 3.13. The molecule has 0 spiro atoms. The molecular weight excluding hydrogens is 320 g/mol. The normalized spacial score (nSPS) is 15.3. The molecule has 5 nitrogen and oxygen atoms in total. The molecule has 24 heavy (non-hydrogen) atoms. The van der Waals surface area contributed by atoms with Crippen LogP contribution < -0.4 is 0 Å². The second-order valence-corrected chi connectivity index (χ2v) is 6.58. The summed E-state index contributed by atoms with van der Waals surface area (Å²) in [6.07, 6.45) is 8.49. The summed E-state index contributed by atoms with van der Waals surface area (Å²) < 4.78 is 0. The number of rotatable bonds is 3. The Balaban J connectivity index is 1.72. The van der Waals surface area contributed by atoms with Crippen molar-refractivity contribution in [1.82, 2.24) is 15.0 Å². The highest BCUT2D eigenvalue weighted by atomic mass is 32.1. The highest BCUT2D eigenvalue weighted by Crippen LogP contribution is 2.32. The van der Waals surface area contributed by atoms with E-state index in [2.05, 4.69) is 27.3 Å². The predicted molar refractivity (Wildman–Crippen MR) is 95.1 cm³/mol. The zero-order valence-electron chi connectivity index (χ0n) is 13.3. The first-order chi connectivity index (χ1) is 11.8. The van der Waals surface area contributed by atoms with E-state index in [-0.39, 0.29) is 0 Å². The number of hydrogen-bond acceptors (Lipinski definition) is 6. The molecule has 3 aromatic rings. The van der Waals surface area contributed by atoms with Gasteiger partial charge in [-0.05, 0) is 43.0 Å². The van der Waals surface area contributed by atoms with Gasteiger partial charge in [-0.2, -0.15) is 0 Å². The Hall–Kier alpha value is -2.60. The van der Waals surface area contributed by atoms with Gasteiger partial charge < -0.3 is 4.84 Å². The van der Waals surface area contributed by atoms with Crippen molar-refractivity contribution in [1.29, 1.82) is 0 Å². The first kappa shape index (κ1) is 15.0. The van der Waals surface area contributed by atoms with Gasteiger partial charge in [0.1, 0.15) is 17.8 Å². The summed E-state index contributed by atoms with van der Waals surface area (Å²) in [6, 6.07) is 8.14. The lowest BCUT2D eigenvalue weighted by Gasteiger charge is -2.16. The van der Waals surface area contributed by atoms with Crippen LogP contribution in [0.3, 0.4) is 0 Å². The zero-order valence-corrected chi connectivity index (χ0v) is 14.1. The lowest BCUT2D eigenvalue weighted by molar-refractivity contribution is 0.212. The summed E-state index contributed by atoms with van der Waals surface area (Å²) in [5.74, 6) is 0. The number of aryl methyl sites for hydroxylation is 1. The number of pyridine rings is 2. The standard InChI is InChI=1S/C18H16N4OS/c1-23-22-15-6-2-4-12-7-8-14(21-17(12)15)16-11-20-18(24-16)13-5-3-9-19-10-13/h3,5,7-11H,2,4,6H2,1H3/b22-15+. The molecule has 1 aliphatic rings. The van der Waals surface area contributed by atoms with E-state index in [4.69, 9.17) is 9.82 Å². The van der Waals surface area contributed by atoms with E-state index >= 15 is 0 Å². The van der Waals surface area contributed by atoms with Crippen molar-refractivity contribution in [2.45, 2.75) is 19.3 Å². The highest BCUT2D eigenvalue weighted by molar-refractivity contribution is 7.18. The third-order valence-electron chi connectivity index (χ3n) is 3.98. The summed E-state index contributed by atoms with van der Waals surface area (Å²) in [5.41, 5.74) is 5.06. The first-order valence-corrected chi connectivity index (χ1v) is 8.64. The molecule has 0 saturated heterocycles. The van der Waals surface area contributed by atoms with Crippen molar-refractivity contribution in [3.63, 3.8) is 0 Å². The van der Waals surface area contributed by atoms with Crippen molar-refractivity contribution >= 4 is 17.0 Å². The van der Waals surface area contributed by atoms with Crippen LogP contribution in [0, 0.1) is 0 Å². The second kappa shape index (κ2) is 6.49.